The number of carbonyl (C=O) groups is 1. The van der Waals surface area contributed by atoms with Crippen LogP contribution in [0.15, 0.2) is 11.7 Å². The molecule has 0 saturated carbocycles. The first-order chi connectivity index (χ1) is 6.61. The lowest BCUT2D eigenvalue weighted by molar-refractivity contribution is -0.141. The van der Waals surface area contributed by atoms with Crippen LogP contribution >= 0.6 is 11.3 Å². The van der Waals surface area contributed by atoms with Crippen molar-refractivity contribution in [2.45, 2.75) is 26.4 Å². The highest BCUT2D eigenvalue weighted by molar-refractivity contribution is 7.09. The van der Waals surface area contributed by atoms with Crippen LogP contribution in [0.25, 0.3) is 0 Å². The van der Waals surface area contributed by atoms with E-state index in [9.17, 15) is 4.79 Å². The van der Waals surface area contributed by atoms with Gasteiger partial charge in [0.15, 0.2) is 0 Å². The highest BCUT2D eigenvalue weighted by atomic mass is 32.1. The Morgan fingerprint density at radius 3 is 2.93 bits per heavy atom. The zero-order valence-electron chi connectivity index (χ0n) is 8.23. The highest BCUT2D eigenvalue weighted by Crippen LogP contribution is 2.07. The van der Waals surface area contributed by atoms with Crippen molar-refractivity contribution in [2.75, 3.05) is 0 Å². The summed E-state index contributed by atoms with van der Waals surface area (Å²) in [6.07, 6.45) is 1.79. The monoisotopic (exact) mass is 214 g/mol. The molecule has 0 aliphatic rings. The second-order valence-electron chi connectivity index (χ2n) is 3.26. The van der Waals surface area contributed by atoms with Gasteiger partial charge < -0.3 is 10.4 Å². The summed E-state index contributed by atoms with van der Waals surface area (Å²) in [5, 5.41) is 11.9. The molecule has 1 aromatic heterocycles. The SMILES string of the molecule is CC(NCc1cncs1)C(C)C(=O)O. The van der Waals surface area contributed by atoms with Gasteiger partial charge in [0.2, 0.25) is 0 Å². The van der Waals surface area contributed by atoms with Gasteiger partial charge in [0, 0.05) is 23.7 Å². The fourth-order valence-electron chi connectivity index (χ4n) is 0.982. The van der Waals surface area contributed by atoms with Crippen LogP contribution in [-0.4, -0.2) is 22.1 Å². The number of carboxylic acids is 1. The first-order valence-electron chi connectivity index (χ1n) is 4.45. The molecule has 2 atom stereocenters. The number of thiazole rings is 1. The molecule has 0 aliphatic carbocycles. The van der Waals surface area contributed by atoms with Gasteiger partial charge in [0.05, 0.1) is 11.4 Å². The van der Waals surface area contributed by atoms with Crippen molar-refractivity contribution in [3.05, 3.63) is 16.6 Å². The molecule has 0 amide bonds. The summed E-state index contributed by atoms with van der Waals surface area (Å²) in [6, 6.07) is -0.0328. The Hall–Kier alpha value is -0.940. The number of carboxylic acid groups (broad SMARTS) is 1. The van der Waals surface area contributed by atoms with Crippen molar-refractivity contribution in [1.29, 1.82) is 0 Å². The first-order valence-corrected chi connectivity index (χ1v) is 5.32. The van der Waals surface area contributed by atoms with Gasteiger partial charge in [-0.1, -0.05) is 6.92 Å². The molecule has 0 spiro atoms. The molecule has 0 radical (unpaired) electrons. The maximum Gasteiger partial charge on any atom is 0.307 e. The number of nitrogens with one attached hydrogen (secondary N) is 1. The fourth-order valence-corrected chi connectivity index (χ4v) is 1.53. The van der Waals surface area contributed by atoms with Crippen molar-refractivity contribution < 1.29 is 9.90 Å². The van der Waals surface area contributed by atoms with Crippen LogP contribution < -0.4 is 5.32 Å². The van der Waals surface area contributed by atoms with Crippen LogP contribution in [0.5, 0.6) is 0 Å². The molecule has 14 heavy (non-hydrogen) atoms. The second-order valence-corrected chi connectivity index (χ2v) is 4.24. The van der Waals surface area contributed by atoms with E-state index in [1.54, 1.807) is 30.0 Å². The topological polar surface area (TPSA) is 62.2 Å². The van der Waals surface area contributed by atoms with Crippen molar-refractivity contribution in [1.82, 2.24) is 10.3 Å². The quantitative estimate of drug-likeness (QED) is 0.776. The third-order valence-electron chi connectivity index (χ3n) is 2.22. The molecule has 2 unspecified atom stereocenters. The average Bonchev–Trinajstić information content (AvgIpc) is 2.65. The smallest absolute Gasteiger partial charge is 0.307 e. The number of hydrogen-bond donors (Lipinski definition) is 2. The summed E-state index contributed by atoms with van der Waals surface area (Å²) < 4.78 is 0. The molecule has 0 aromatic carbocycles. The van der Waals surface area contributed by atoms with Crippen LogP contribution in [-0.2, 0) is 11.3 Å². The predicted molar refractivity (Wildman–Crippen MR) is 55.2 cm³/mol. The van der Waals surface area contributed by atoms with Gasteiger partial charge in [-0.25, -0.2) is 0 Å². The van der Waals surface area contributed by atoms with E-state index >= 15 is 0 Å². The largest absolute Gasteiger partial charge is 0.481 e. The van der Waals surface area contributed by atoms with Crippen LogP contribution in [0.3, 0.4) is 0 Å². The molecule has 0 fully saturated rings. The van der Waals surface area contributed by atoms with Crippen molar-refractivity contribution in [3.8, 4) is 0 Å². The Morgan fingerprint density at radius 1 is 1.71 bits per heavy atom. The third-order valence-corrected chi connectivity index (χ3v) is 3.00. The van der Waals surface area contributed by atoms with E-state index in [1.807, 2.05) is 6.92 Å². The molecule has 1 heterocycles. The summed E-state index contributed by atoms with van der Waals surface area (Å²) in [4.78, 5) is 15.7. The predicted octanol–water partition coefficient (Wildman–Crippen LogP) is 1.34. The standard InChI is InChI=1S/C9H14N2O2S/c1-6(9(12)13)7(2)11-4-8-3-10-5-14-8/h3,5-7,11H,4H2,1-2H3,(H,12,13). The summed E-state index contributed by atoms with van der Waals surface area (Å²) in [5.41, 5.74) is 1.77. The average molecular weight is 214 g/mol. The third kappa shape index (κ3) is 3.08. The number of rotatable bonds is 5. The maximum absolute atomic E-state index is 10.7. The Labute approximate surface area is 87.0 Å². The van der Waals surface area contributed by atoms with E-state index < -0.39 is 5.97 Å². The number of aliphatic carboxylic acids is 1. The van der Waals surface area contributed by atoms with Crippen LogP contribution in [0, 0.1) is 5.92 Å². The Balaban J connectivity index is 2.34. The molecule has 5 heteroatoms. The fraction of sp³-hybridized carbons (Fsp3) is 0.556. The Kier molecular flexibility index (Phi) is 4.03. The lowest BCUT2D eigenvalue weighted by Gasteiger charge is -2.16. The summed E-state index contributed by atoms with van der Waals surface area (Å²) in [6.45, 7) is 4.26. The normalized spacial score (nSPS) is 15.0. The Bertz CT molecular complexity index is 287. The maximum atomic E-state index is 10.7. The van der Waals surface area contributed by atoms with Gasteiger partial charge in [-0.15, -0.1) is 11.3 Å². The molecule has 0 aliphatic heterocycles. The van der Waals surface area contributed by atoms with E-state index in [0.717, 1.165) is 4.88 Å². The minimum Gasteiger partial charge on any atom is -0.481 e. The van der Waals surface area contributed by atoms with Gasteiger partial charge >= 0.3 is 5.97 Å². The van der Waals surface area contributed by atoms with E-state index in [4.69, 9.17) is 5.11 Å². The molecular formula is C9H14N2O2S. The minimum atomic E-state index is -0.769. The van der Waals surface area contributed by atoms with E-state index in [2.05, 4.69) is 10.3 Å². The first kappa shape index (κ1) is 11.1. The highest BCUT2D eigenvalue weighted by Gasteiger charge is 2.18. The van der Waals surface area contributed by atoms with Crippen molar-refractivity contribution >= 4 is 17.3 Å². The van der Waals surface area contributed by atoms with Gasteiger partial charge in [0.25, 0.3) is 0 Å². The number of aromatic nitrogens is 1. The lowest BCUT2D eigenvalue weighted by atomic mass is 10.0. The van der Waals surface area contributed by atoms with Crippen LogP contribution in [0.1, 0.15) is 18.7 Å². The van der Waals surface area contributed by atoms with Crippen LogP contribution in [0.4, 0.5) is 0 Å². The lowest BCUT2D eigenvalue weighted by Crippen LogP contribution is -2.35. The summed E-state index contributed by atoms with van der Waals surface area (Å²) >= 11 is 1.56. The molecule has 78 valence electrons. The summed E-state index contributed by atoms with van der Waals surface area (Å²) in [7, 11) is 0. The molecule has 1 rings (SSSR count). The van der Waals surface area contributed by atoms with Gasteiger partial charge in [0.1, 0.15) is 0 Å². The zero-order valence-corrected chi connectivity index (χ0v) is 9.04. The van der Waals surface area contributed by atoms with Gasteiger partial charge in [-0.3, -0.25) is 9.78 Å². The van der Waals surface area contributed by atoms with Gasteiger partial charge in [-0.05, 0) is 6.92 Å². The Morgan fingerprint density at radius 2 is 2.43 bits per heavy atom. The summed E-state index contributed by atoms with van der Waals surface area (Å²) in [5.74, 6) is -1.14. The number of nitrogens with zero attached hydrogens (tertiary/aromatic N) is 1. The van der Waals surface area contributed by atoms with Crippen molar-refractivity contribution in [3.63, 3.8) is 0 Å². The van der Waals surface area contributed by atoms with Crippen molar-refractivity contribution in [2.24, 2.45) is 5.92 Å². The molecule has 2 N–H and O–H groups in total. The van der Waals surface area contributed by atoms with E-state index in [-0.39, 0.29) is 12.0 Å². The van der Waals surface area contributed by atoms with E-state index in [0.29, 0.717) is 6.54 Å². The molecule has 1 aromatic rings. The minimum absolute atomic E-state index is 0.0328. The zero-order chi connectivity index (χ0) is 10.6. The number of hydrogen-bond acceptors (Lipinski definition) is 4. The van der Waals surface area contributed by atoms with E-state index in [1.165, 1.54) is 0 Å². The van der Waals surface area contributed by atoms with Crippen LogP contribution in [0.2, 0.25) is 0 Å². The second kappa shape index (κ2) is 5.07. The molecule has 0 bridgehead atoms. The molecule has 0 saturated heterocycles. The molecular weight excluding hydrogens is 200 g/mol. The molecule has 4 nitrogen and oxygen atoms in total. The van der Waals surface area contributed by atoms with Gasteiger partial charge in [-0.2, -0.15) is 0 Å².